The Morgan fingerprint density at radius 2 is 2.05 bits per heavy atom. The van der Waals surface area contributed by atoms with Gasteiger partial charge in [0, 0.05) is 14.7 Å². The highest BCUT2D eigenvalue weighted by Gasteiger charge is 2.14. The number of aromatic nitrogens is 6. The molecular weight excluding hydrogens is 352 g/mol. The molecule has 0 saturated carbocycles. The van der Waals surface area contributed by atoms with Gasteiger partial charge in [-0.25, -0.2) is 9.67 Å². The maximum atomic E-state index is 5.73. The van der Waals surface area contributed by atoms with E-state index in [-0.39, 0.29) is 0 Å². The van der Waals surface area contributed by atoms with Gasteiger partial charge in [0.25, 0.3) is 0 Å². The van der Waals surface area contributed by atoms with Gasteiger partial charge in [-0.3, -0.25) is 4.40 Å². The smallest absolute Gasteiger partial charge is 0.205 e. The molecule has 7 nitrogen and oxygen atoms in total. The van der Waals surface area contributed by atoms with E-state index in [2.05, 4.69) is 55.9 Å². The van der Waals surface area contributed by atoms with Crippen molar-refractivity contribution in [2.45, 2.75) is 32.4 Å². The van der Waals surface area contributed by atoms with Gasteiger partial charge in [0.1, 0.15) is 12.2 Å². The first-order chi connectivity index (χ1) is 9.96. The third-order valence-corrected chi connectivity index (χ3v) is 5.41. The van der Waals surface area contributed by atoms with Crippen LogP contribution >= 0.6 is 15.9 Å². The van der Waals surface area contributed by atoms with Crippen LogP contribution in [-0.2, 0) is 11.5 Å². The molecule has 3 aromatic heterocycles. The Hall–Kier alpha value is -1.32. The second kappa shape index (κ2) is 5.47. The van der Waals surface area contributed by atoms with Crippen molar-refractivity contribution < 1.29 is 4.74 Å². The first-order valence-electron chi connectivity index (χ1n) is 6.75. The Morgan fingerprint density at radius 3 is 2.81 bits per heavy atom. The van der Waals surface area contributed by atoms with Gasteiger partial charge in [-0.05, 0) is 22.0 Å². The zero-order valence-corrected chi connectivity index (χ0v) is 14.8. The van der Waals surface area contributed by atoms with Crippen LogP contribution in [0.1, 0.15) is 0 Å². The molecule has 3 rings (SSSR count). The zero-order valence-electron chi connectivity index (χ0n) is 12.2. The predicted molar refractivity (Wildman–Crippen MR) is 85.9 cm³/mol. The van der Waals surface area contributed by atoms with Crippen LogP contribution in [0.25, 0.3) is 16.8 Å². The first-order valence-corrected chi connectivity index (χ1v) is 11.2. The number of fused-ring (bicyclic) bond motifs is 3. The summed E-state index contributed by atoms with van der Waals surface area (Å²) in [7, 11) is -1.06. The van der Waals surface area contributed by atoms with Crippen molar-refractivity contribution in [1.82, 2.24) is 29.4 Å². The number of hydrogen-bond acceptors (Lipinski definition) is 5. The highest BCUT2D eigenvalue weighted by Crippen LogP contribution is 2.18. The van der Waals surface area contributed by atoms with Gasteiger partial charge in [-0.15, -0.1) is 10.2 Å². The van der Waals surface area contributed by atoms with Gasteiger partial charge in [0.15, 0.2) is 11.3 Å². The van der Waals surface area contributed by atoms with E-state index in [1.54, 1.807) is 17.1 Å². The summed E-state index contributed by atoms with van der Waals surface area (Å²) in [6.45, 7) is 8.17. The highest BCUT2D eigenvalue weighted by atomic mass is 79.9. The molecule has 0 aromatic carbocycles. The van der Waals surface area contributed by atoms with E-state index in [0.717, 1.165) is 23.8 Å². The Kier molecular flexibility index (Phi) is 3.80. The van der Waals surface area contributed by atoms with Gasteiger partial charge >= 0.3 is 0 Å². The SMILES string of the molecule is C[Si](C)(C)CCOCn1ncc2c1ncc1nnc(Br)n12. The summed E-state index contributed by atoms with van der Waals surface area (Å²) in [5, 5.41) is 12.3. The van der Waals surface area contributed by atoms with Crippen molar-refractivity contribution in [2.24, 2.45) is 0 Å². The fourth-order valence-corrected chi connectivity index (χ4v) is 3.19. The lowest BCUT2D eigenvalue weighted by Crippen LogP contribution is -2.22. The molecule has 0 saturated heterocycles. The maximum absolute atomic E-state index is 5.73. The topological polar surface area (TPSA) is 70.1 Å². The second-order valence-electron chi connectivity index (χ2n) is 6.12. The lowest BCUT2D eigenvalue weighted by Gasteiger charge is -2.15. The molecule has 21 heavy (non-hydrogen) atoms. The molecule has 3 heterocycles. The van der Waals surface area contributed by atoms with Gasteiger partial charge in [-0.2, -0.15) is 5.10 Å². The normalized spacial score (nSPS) is 12.6. The Morgan fingerprint density at radius 1 is 1.24 bits per heavy atom. The number of hydrogen-bond donors (Lipinski definition) is 0. The highest BCUT2D eigenvalue weighted by molar-refractivity contribution is 9.10. The summed E-state index contributed by atoms with van der Waals surface area (Å²) in [6, 6.07) is 1.14. The van der Waals surface area contributed by atoms with E-state index < -0.39 is 8.07 Å². The molecule has 0 aliphatic heterocycles. The summed E-state index contributed by atoms with van der Waals surface area (Å²) in [5.74, 6) is 0. The number of ether oxygens (including phenoxy) is 1. The average Bonchev–Trinajstić information content (AvgIpc) is 2.98. The summed E-state index contributed by atoms with van der Waals surface area (Å²) < 4.78 is 10.00. The minimum Gasteiger partial charge on any atom is -0.359 e. The average molecular weight is 369 g/mol. The molecule has 0 radical (unpaired) electrons. The minimum absolute atomic E-state index is 0.409. The molecule has 0 aliphatic rings. The lowest BCUT2D eigenvalue weighted by molar-refractivity contribution is 0.0813. The molecule has 0 amide bonds. The monoisotopic (exact) mass is 368 g/mol. The van der Waals surface area contributed by atoms with Crippen LogP contribution < -0.4 is 0 Å². The zero-order chi connectivity index (χ0) is 15.0. The third kappa shape index (κ3) is 2.99. The Balaban J connectivity index is 1.81. The molecule has 0 spiro atoms. The van der Waals surface area contributed by atoms with Gasteiger partial charge in [0.05, 0.1) is 12.4 Å². The van der Waals surface area contributed by atoms with E-state index in [0.29, 0.717) is 17.1 Å². The molecule has 0 bridgehead atoms. The lowest BCUT2D eigenvalue weighted by atomic mass is 10.5. The third-order valence-electron chi connectivity index (χ3n) is 3.19. The molecule has 112 valence electrons. The van der Waals surface area contributed by atoms with E-state index in [9.17, 15) is 0 Å². The first kappa shape index (κ1) is 14.6. The predicted octanol–water partition coefficient (Wildman–Crippen LogP) is 2.55. The largest absolute Gasteiger partial charge is 0.359 e. The van der Waals surface area contributed by atoms with E-state index in [4.69, 9.17) is 4.74 Å². The molecule has 0 unspecified atom stereocenters. The van der Waals surface area contributed by atoms with Gasteiger partial charge < -0.3 is 4.74 Å². The van der Waals surface area contributed by atoms with Crippen LogP contribution in [-0.4, -0.2) is 44.0 Å². The molecule has 0 fully saturated rings. The van der Waals surface area contributed by atoms with E-state index in [1.807, 2.05) is 4.40 Å². The summed E-state index contributed by atoms with van der Waals surface area (Å²) in [5.41, 5.74) is 2.31. The second-order valence-corrected chi connectivity index (χ2v) is 12.5. The molecule has 0 N–H and O–H groups in total. The van der Waals surface area contributed by atoms with Crippen LogP contribution in [0.4, 0.5) is 0 Å². The quantitative estimate of drug-likeness (QED) is 0.511. The van der Waals surface area contributed by atoms with Gasteiger partial charge in [0.2, 0.25) is 4.73 Å². The number of rotatable bonds is 5. The van der Waals surface area contributed by atoms with E-state index in [1.165, 1.54) is 0 Å². The van der Waals surface area contributed by atoms with Crippen molar-refractivity contribution in [3.63, 3.8) is 0 Å². The molecule has 9 heteroatoms. The standard InChI is InChI=1S/C12H17BrN6OSi/c1-21(2,3)5-4-20-8-18-11-9(6-15-18)19-10(7-14-11)16-17-12(19)13/h6-7H,4-5,8H2,1-3H3. The van der Waals surface area contributed by atoms with Crippen molar-refractivity contribution in [3.05, 3.63) is 17.1 Å². The Bertz CT molecular complexity index is 777. The summed E-state index contributed by atoms with van der Waals surface area (Å²) >= 11 is 3.38. The van der Waals surface area contributed by atoms with Crippen LogP contribution in [0.15, 0.2) is 17.1 Å². The molecule has 0 atom stereocenters. The fourth-order valence-electron chi connectivity index (χ4n) is 1.99. The minimum atomic E-state index is -1.06. The molecule has 0 aliphatic carbocycles. The van der Waals surface area contributed by atoms with Crippen LogP contribution in [0.2, 0.25) is 25.7 Å². The van der Waals surface area contributed by atoms with Gasteiger partial charge in [-0.1, -0.05) is 19.6 Å². The van der Waals surface area contributed by atoms with Crippen LogP contribution in [0.3, 0.4) is 0 Å². The number of nitrogens with zero attached hydrogens (tertiary/aromatic N) is 6. The maximum Gasteiger partial charge on any atom is 0.205 e. The Labute approximate surface area is 131 Å². The van der Waals surface area contributed by atoms with Crippen LogP contribution in [0.5, 0.6) is 0 Å². The van der Waals surface area contributed by atoms with Crippen molar-refractivity contribution in [3.8, 4) is 0 Å². The molecular formula is C12H17BrN6OSi. The van der Waals surface area contributed by atoms with Crippen molar-refractivity contribution >= 4 is 40.8 Å². The molecule has 3 aromatic rings. The van der Waals surface area contributed by atoms with Crippen molar-refractivity contribution in [2.75, 3.05) is 6.61 Å². The van der Waals surface area contributed by atoms with E-state index >= 15 is 0 Å². The number of halogens is 1. The summed E-state index contributed by atoms with van der Waals surface area (Å²) in [4.78, 5) is 4.40. The fraction of sp³-hybridized carbons (Fsp3) is 0.500. The summed E-state index contributed by atoms with van der Waals surface area (Å²) in [6.07, 6.45) is 3.44. The van der Waals surface area contributed by atoms with Crippen LogP contribution in [0, 0.1) is 0 Å². The van der Waals surface area contributed by atoms with Crippen molar-refractivity contribution in [1.29, 1.82) is 0 Å².